The third-order valence-electron chi connectivity index (χ3n) is 3.67. The van der Waals surface area contributed by atoms with Gasteiger partial charge in [-0.3, -0.25) is 19.7 Å². The van der Waals surface area contributed by atoms with Gasteiger partial charge in [-0.15, -0.1) is 0 Å². The van der Waals surface area contributed by atoms with E-state index in [0.29, 0.717) is 10.8 Å². The van der Waals surface area contributed by atoms with E-state index in [1.54, 1.807) is 6.07 Å². The molecule has 1 heterocycles. The molecule has 3 aromatic rings. The monoisotopic (exact) mass is 445 g/mol. The molecule has 146 valence electrons. The number of nitrogens with zero attached hydrogens (tertiary/aromatic N) is 2. The first-order valence-corrected chi connectivity index (χ1v) is 11.0. The van der Waals surface area contributed by atoms with Crippen molar-refractivity contribution in [3.8, 4) is 5.75 Å². The Balaban J connectivity index is 0.00000300. The van der Waals surface area contributed by atoms with Crippen LogP contribution in [0.15, 0.2) is 65.8 Å². The van der Waals surface area contributed by atoms with Gasteiger partial charge in [-0.25, -0.2) is 13.1 Å². The molecule has 0 bridgehead atoms. The van der Waals surface area contributed by atoms with Crippen LogP contribution in [-0.2, 0) is 14.6 Å². The summed E-state index contributed by atoms with van der Waals surface area (Å²) in [4.78, 5) is 25.9. The maximum atomic E-state index is 12.5. The van der Waals surface area contributed by atoms with Gasteiger partial charge in [0, 0.05) is 35.3 Å². The summed E-state index contributed by atoms with van der Waals surface area (Å²) in [6, 6.07) is 10.4. The van der Waals surface area contributed by atoms with Gasteiger partial charge in [-0.05, 0) is 24.3 Å². The van der Waals surface area contributed by atoms with Crippen molar-refractivity contribution in [2.24, 2.45) is 0 Å². The Morgan fingerprint density at radius 1 is 1.14 bits per heavy atom. The van der Waals surface area contributed by atoms with E-state index in [0.717, 1.165) is 24.3 Å². The van der Waals surface area contributed by atoms with Gasteiger partial charge in [0.15, 0.2) is 7.60 Å². The standard InChI is InChI=1S/C16H14N3O7PS.Na/c20-19(21)13-4-6-14(7-5-13)26-27(22,23)11-18-28(24,25)16-3-1-2-12-10-17-9-8-15(12)16;/h1-10,18H,11H2,(H,22,23);/q;+1/p-1. The first-order valence-electron chi connectivity index (χ1n) is 7.74. The van der Waals surface area contributed by atoms with Gasteiger partial charge < -0.3 is 9.42 Å². The fourth-order valence-electron chi connectivity index (χ4n) is 2.39. The smallest absolute Gasteiger partial charge is 0.768 e. The van der Waals surface area contributed by atoms with E-state index in [2.05, 4.69) is 4.98 Å². The minimum absolute atomic E-state index is 0. The number of hydrogen-bond acceptors (Lipinski definition) is 8. The van der Waals surface area contributed by atoms with E-state index in [-0.39, 0.29) is 45.9 Å². The second-order valence-electron chi connectivity index (χ2n) is 5.61. The molecule has 2 aromatic carbocycles. The molecule has 10 nitrogen and oxygen atoms in total. The number of pyridine rings is 1. The number of fused-ring (bicyclic) bond motifs is 1. The molecular weight excluding hydrogens is 432 g/mol. The van der Waals surface area contributed by atoms with Gasteiger partial charge in [0.05, 0.1) is 16.1 Å². The second kappa shape index (κ2) is 9.31. The summed E-state index contributed by atoms with van der Waals surface area (Å²) in [7, 11) is -8.80. The van der Waals surface area contributed by atoms with Crippen molar-refractivity contribution in [1.82, 2.24) is 9.71 Å². The number of nitro benzene ring substituents is 1. The summed E-state index contributed by atoms with van der Waals surface area (Å²) in [6.45, 7) is 0. The molecule has 0 spiro atoms. The van der Waals surface area contributed by atoms with E-state index >= 15 is 0 Å². The molecule has 1 N–H and O–H groups in total. The van der Waals surface area contributed by atoms with Gasteiger partial charge in [0.25, 0.3) is 5.69 Å². The average Bonchev–Trinajstić information content (AvgIpc) is 2.66. The number of hydrogen-bond donors (Lipinski definition) is 1. The van der Waals surface area contributed by atoms with Crippen LogP contribution in [0, 0.1) is 10.1 Å². The fraction of sp³-hybridized carbons (Fsp3) is 0.0625. The predicted octanol–water partition coefficient (Wildman–Crippen LogP) is -0.985. The Hall–Kier alpha value is -1.85. The first-order chi connectivity index (χ1) is 13.2. The largest absolute Gasteiger partial charge is 1.00 e. The Morgan fingerprint density at radius 2 is 1.83 bits per heavy atom. The molecule has 0 aliphatic heterocycles. The molecule has 13 heteroatoms. The van der Waals surface area contributed by atoms with Crippen LogP contribution >= 0.6 is 7.60 Å². The zero-order valence-electron chi connectivity index (χ0n) is 15.1. The number of nitrogens with one attached hydrogen (secondary N) is 1. The molecule has 0 fully saturated rings. The summed E-state index contributed by atoms with van der Waals surface area (Å²) in [5.41, 5.74) is -0.237. The van der Waals surface area contributed by atoms with Gasteiger partial charge in [-0.1, -0.05) is 12.1 Å². The van der Waals surface area contributed by atoms with Crippen molar-refractivity contribution in [2.45, 2.75) is 4.90 Å². The zero-order chi connectivity index (χ0) is 20.4. The summed E-state index contributed by atoms with van der Waals surface area (Å²) in [6.07, 6.45) is 1.93. The minimum Gasteiger partial charge on any atom is -0.768 e. The molecule has 3 rings (SSSR count). The van der Waals surface area contributed by atoms with Crippen LogP contribution in [0.5, 0.6) is 5.75 Å². The molecule has 0 aliphatic rings. The molecule has 0 saturated carbocycles. The quantitative estimate of drug-likeness (QED) is 0.211. The van der Waals surface area contributed by atoms with Gasteiger partial charge in [0.2, 0.25) is 10.0 Å². The third kappa shape index (κ3) is 5.83. The predicted molar refractivity (Wildman–Crippen MR) is 98.3 cm³/mol. The Bertz CT molecular complexity index is 1180. The normalized spacial score (nSPS) is 13.3. The topological polar surface area (TPSA) is 152 Å². The van der Waals surface area contributed by atoms with Gasteiger partial charge in [0.1, 0.15) is 5.75 Å². The van der Waals surface area contributed by atoms with Gasteiger partial charge >= 0.3 is 29.6 Å². The Labute approximate surface area is 188 Å². The summed E-state index contributed by atoms with van der Waals surface area (Å²) in [5.74, 6) is -0.167. The van der Waals surface area contributed by atoms with E-state index in [4.69, 9.17) is 4.52 Å². The average molecular weight is 445 g/mol. The number of nitro groups is 1. The van der Waals surface area contributed by atoms with Gasteiger partial charge in [-0.2, -0.15) is 0 Å². The summed E-state index contributed by atoms with van der Waals surface area (Å²) >= 11 is 0. The second-order valence-corrected chi connectivity index (χ2v) is 9.07. The Morgan fingerprint density at radius 3 is 2.48 bits per heavy atom. The van der Waals surface area contributed by atoms with E-state index in [9.17, 15) is 28.0 Å². The van der Waals surface area contributed by atoms with Crippen LogP contribution in [0.25, 0.3) is 10.8 Å². The molecule has 0 saturated heterocycles. The van der Waals surface area contributed by atoms with Crippen molar-refractivity contribution >= 4 is 34.1 Å². The number of aromatic nitrogens is 1. The fourth-order valence-corrected chi connectivity index (χ4v) is 5.10. The molecule has 1 aromatic heterocycles. The van der Waals surface area contributed by atoms with E-state index in [1.165, 1.54) is 30.6 Å². The third-order valence-corrected chi connectivity index (χ3v) is 6.38. The van der Waals surface area contributed by atoms with Crippen LogP contribution in [-0.4, -0.2) is 24.6 Å². The van der Waals surface area contributed by atoms with Crippen LogP contribution in [0.3, 0.4) is 0 Å². The molecule has 0 aliphatic carbocycles. The molecular formula is C16H13N3NaO7PS. The molecule has 29 heavy (non-hydrogen) atoms. The van der Waals surface area contributed by atoms with Crippen molar-refractivity contribution in [3.63, 3.8) is 0 Å². The zero-order valence-corrected chi connectivity index (χ0v) is 18.8. The van der Waals surface area contributed by atoms with Crippen molar-refractivity contribution in [2.75, 3.05) is 6.29 Å². The first kappa shape index (κ1) is 23.4. The summed E-state index contributed by atoms with van der Waals surface area (Å²) in [5, 5.41) is 11.6. The van der Waals surface area contributed by atoms with E-state index in [1.807, 2.05) is 4.72 Å². The molecule has 0 radical (unpaired) electrons. The SMILES string of the molecule is O=[N+]([O-])c1ccc(OP(=O)([O-])CNS(=O)(=O)c2cccc3cnccc23)cc1.[Na+]. The number of benzene rings is 2. The molecule has 1 atom stereocenters. The number of sulfonamides is 1. The van der Waals surface area contributed by atoms with Crippen LogP contribution < -0.4 is 43.7 Å². The van der Waals surface area contributed by atoms with Crippen molar-refractivity contribution in [3.05, 3.63) is 71.0 Å². The summed E-state index contributed by atoms with van der Waals surface area (Å²) < 4.78 is 44.0. The van der Waals surface area contributed by atoms with Crippen LogP contribution in [0.4, 0.5) is 5.69 Å². The van der Waals surface area contributed by atoms with Crippen LogP contribution in [0.2, 0.25) is 0 Å². The van der Waals surface area contributed by atoms with Crippen LogP contribution in [0.1, 0.15) is 0 Å². The minimum atomic E-state index is -4.65. The molecule has 1 unspecified atom stereocenters. The maximum absolute atomic E-state index is 12.5. The van der Waals surface area contributed by atoms with Crippen molar-refractivity contribution < 1.29 is 56.9 Å². The number of non-ortho nitro benzene ring substituents is 1. The number of rotatable bonds is 7. The maximum Gasteiger partial charge on any atom is 1.00 e. The Kier molecular flexibility index (Phi) is 7.52. The van der Waals surface area contributed by atoms with E-state index < -0.39 is 28.8 Å². The molecule has 0 amide bonds. The van der Waals surface area contributed by atoms with Crippen molar-refractivity contribution in [1.29, 1.82) is 0 Å².